The molecule has 6 nitrogen and oxygen atoms in total. The van der Waals surface area contributed by atoms with Crippen molar-refractivity contribution in [1.82, 2.24) is 4.90 Å². The molecule has 0 aromatic heterocycles. The summed E-state index contributed by atoms with van der Waals surface area (Å²) in [5.74, 6) is -0.712. The first-order chi connectivity index (χ1) is 17.3. The second-order valence-corrected chi connectivity index (χ2v) is 12.3. The van der Waals surface area contributed by atoms with Crippen LogP contribution < -0.4 is 5.32 Å². The van der Waals surface area contributed by atoms with E-state index in [2.05, 4.69) is 5.32 Å². The highest BCUT2D eigenvalue weighted by Gasteiger charge is 2.36. The van der Waals surface area contributed by atoms with Gasteiger partial charge in [0.15, 0.2) is 0 Å². The van der Waals surface area contributed by atoms with Crippen molar-refractivity contribution in [1.29, 1.82) is 0 Å². The second kappa shape index (κ2) is 9.71. The summed E-state index contributed by atoms with van der Waals surface area (Å²) in [6.45, 7) is 11.7. The minimum atomic E-state index is -0.509. The molecule has 3 aromatic carbocycles. The number of anilines is 1. The summed E-state index contributed by atoms with van der Waals surface area (Å²) in [6, 6.07) is 17.0. The zero-order valence-corrected chi connectivity index (χ0v) is 22.8. The zero-order chi connectivity index (χ0) is 27.1. The first kappa shape index (κ1) is 26.5. The maximum atomic E-state index is 13.1. The van der Waals surface area contributed by atoms with Gasteiger partial charge in [-0.1, -0.05) is 77.9 Å². The predicted octanol–water partition coefficient (Wildman–Crippen LogP) is 6.82. The number of hydrogen-bond donors (Lipinski definition) is 2. The molecule has 0 aliphatic carbocycles. The Morgan fingerprint density at radius 1 is 0.946 bits per heavy atom. The number of nitrogens with zero attached hydrogens (tertiary/aromatic N) is 1. The molecule has 1 aliphatic rings. The largest absolute Gasteiger partial charge is 0.507 e. The van der Waals surface area contributed by atoms with Crippen LogP contribution in [0.5, 0.6) is 5.75 Å². The summed E-state index contributed by atoms with van der Waals surface area (Å²) >= 11 is 0.814. The number of carbonyl (C=O) groups is 3. The van der Waals surface area contributed by atoms with Gasteiger partial charge in [-0.25, -0.2) is 0 Å². The lowest BCUT2D eigenvalue weighted by Gasteiger charge is -2.28. The fraction of sp³-hybridized carbons (Fsp3) is 0.300. The highest BCUT2D eigenvalue weighted by Crippen LogP contribution is 2.41. The predicted molar refractivity (Wildman–Crippen MR) is 151 cm³/mol. The Labute approximate surface area is 221 Å². The van der Waals surface area contributed by atoms with E-state index >= 15 is 0 Å². The minimum Gasteiger partial charge on any atom is -0.507 e. The van der Waals surface area contributed by atoms with E-state index in [-0.39, 0.29) is 28.0 Å². The third-order valence-corrected chi connectivity index (χ3v) is 7.19. The summed E-state index contributed by atoms with van der Waals surface area (Å²) in [4.78, 5) is 39.8. The van der Waals surface area contributed by atoms with Crippen LogP contribution in [0.15, 0.2) is 59.5 Å². The smallest absolute Gasteiger partial charge is 0.294 e. The molecule has 4 rings (SSSR count). The van der Waals surface area contributed by atoms with Gasteiger partial charge in [0.25, 0.3) is 11.1 Å². The van der Waals surface area contributed by atoms with Crippen molar-refractivity contribution in [3.8, 4) is 5.75 Å². The lowest BCUT2D eigenvalue weighted by Crippen LogP contribution is -2.36. The van der Waals surface area contributed by atoms with Crippen molar-refractivity contribution >= 4 is 51.4 Å². The number of benzene rings is 3. The molecular weight excluding hydrogens is 484 g/mol. The molecule has 0 radical (unpaired) electrons. The van der Waals surface area contributed by atoms with Crippen LogP contribution in [0.1, 0.15) is 58.2 Å². The summed E-state index contributed by atoms with van der Waals surface area (Å²) < 4.78 is 0. The second-order valence-electron chi connectivity index (χ2n) is 11.3. The van der Waals surface area contributed by atoms with Gasteiger partial charge in [0.1, 0.15) is 12.3 Å². The molecule has 0 atom stereocenters. The number of hydrogen-bond acceptors (Lipinski definition) is 5. The Kier molecular flexibility index (Phi) is 6.95. The number of amides is 3. The van der Waals surface area contributed by atoms with Gasteiger partial charge in [-0.3, -0.25) is 19.3 Å². The Morgan fingerprint density at radius 3 is 2.16 bits per heavy atom. The van der Waals surface area contributed by atoms with Crippen molar-refractivity contribution in [2.24, 2.45) is 0 Å². The van der Waals surface area contributed by atoms with E-state index in [0.717, 1.165) is 44.1 Å². The van der Waals surface area contributed by atoms with E-state index < -0.39 is 17.1 Å². The van der Waals surface area contributed by atoms with E-state index in [1.54, 1.807) is 12.1 Å². The number of phenolic OH excluding ortho intramolecular Hbond substituents is 1. The standard InChI is InChI=1S/C30H32N2O4S/c1-29(2,3)21-14-18(15-22(26(21)34)30(4,5)6)16-24-27(35)32(28(36)37-24)17-25(33)31-23-13-9-11-19-10-7-8-12-20(19)23/h7-16,34H,17H2,1-6H3,(H,31,33)/b24-16-. The Morgan fingerprint density at radius 2 is 1.54 bits per heavy atom. The fourth-order valence-electron chi connectivity index (χ4n) is 4.34. The van der Waals surface area contributed by atoms with Crippen molar-refractivity contribution in [3.63, 3.8) is 0 Å². The van der Waals surface area contributed by atoms with Crippen LogP contribution in [0.4, 0.5) is 10.5 Å². The summed E-state index contributed by atoms with van der Waals surface area (Å²) in [5.41, 5.74) is 2.22. The zero-order valence-electron chi connectivity index (χ0n) is 22.0. The first-order valence-electron chi connectivity index (χ1n) is 12.2. The highest BCUT2D eigenvalue weighted by molar-refractivity contribution is 8.18. The number of nitrogens with one attached hydrogen (secondary N) is 1. The average Bonchev–Trinajstić information content (AvgIpc) is 3.06. The van der Waals surface area contributed by atoms with Crippen LogP contribution in [0, 0.1) is 0 Å². The van der Waals surface area contributed by atoms with E-state index in [1.807, 2.05) is 90.1 Å². The van der Waals surface area contributed by atoms with Crippen molar-refractivity contribution < 1.29 is 19.5 Å². The number of aromatic hydroxyl groups is 1. The van der Waals surface area contributed by atoms with Crippen LogP contribution in [-0.2, 0) is 20.4 Å². The van der Waals surface area contributed by atoms with Gasteiger partial charge in [0.2, 0.25) is 5.91 Å². The van der Waals surface area contributed by atoms with E-state index in [4.69, 9.17) is 0 Å². The average molecular weight is 517 g/mol. The number of imide groups is 1. The molecule has 1 saturated heterocycles. The van der Waals surface area contributed by atoms with Crippen LogP contribution in [-0.4, -0.2) is 33.6 Å². The molecule has 37 heavy (non-hydrogen) atoms. The van der Waals surface area contributed by atoms with E-state index in [0.29, 0.717) is 5.69 Å². The molecule has 192 valence electrons. The number of fused-ring (bicyclic) bond motifs is 1. The van der Waals surface area contributed by atoms with Crippen molar-refractivity contribution in [2.75, 3.05) is 11.9 Å². The molecule has 0 saturated carbocycles. The molecule has 3 aromatic rings. The SMILES string of the molecule is CC(C)(C)c1cc(/C=C2\SC(=O)N(CC(=O)Nc3cccc4ccccc34)C2=O)cc(C(C)(C)C)c1O. The molecule has 0 unspecified atom stereocenters. The van der Waals surface area contributed by atoms with Gasteiger partial charge >= 0.3 is 0 Å². The number of phenols is 1. The molecule has 1 aliphatic heterocycles. The first-order valence-corrected chi connectivity index (χ1v) is 13.0. The topological polar surface area (TPSA) is 86.7 Å². The maximum Gasteiger partial charge on any atom is 0.294 e. The lowest BCUT2D eigenvalue weighted by atomic mass is 9.78. The van der Waals surface area contributed by atoms with Gasteiger partial charge in [-0.15, -0.1) is 0 Å². The van der Waals surface area contributed by atoms with Crippen LogP contribution >= 0.6 is 11.8 Å². The number of rotatable bonds is 4. The Bertz CT molecular complexity index is 1400. The molecular formula is C30H32N2O4S. The third kappa shape index (κ3) is 5.57. The maximum absolute atomic E-state index is 13.1. The van der Waals surface area contributed by atoms with Gasteiger partial charge in [0.05, 0.1) is 4.91 Å². The van der Waals surface area contributed by atoms with Crippen molar-refractivity contribution in [2.45, 2.75) is 52.4 Å². The fourth-order valence-corrected chi connectivity index (χ4v) is 5.18. The highest BCUT2D eigenvalue weighted by atomic mass is 32.2. The van der Waals surface area contributed by atoms with E-state index in [1.165, 1.54) is 0 Å². The summed E-state index contributed by atoms with van der Waals surface area (Å²) in [7, 11) is 0. The number of thioether (sulfide) groups is 1. The quantitative estimate of drug-likeness (QED) is 0.372. The summed E-state index contributed by atoms with van der Waals surface area (Å²) in [5, 5.41) is 15.2. The minimum absolute atomic E-state index is 0.244. The van der Waals surface area contributed by atoms with Gasteiger partial charge in [-0.05, 0) is 57.8 Å². The Balaban J connectivity index is 1.59. The van der Waals surface area contributed by atoms with Crippen LogP contribution in [0.2, 0.25) is 0 Å². The molecule has 7 heteroatoms. The summed E-state index contributed by atoms with van der Waals surface area (Å²) in [6.07, 6.45) is 1.66. The number of carbonyl (C=O) groups excluding carboxylic acids is 3. The van der Waals surface area contributed by atoms with Crippen LogP contribution in [0.25, 0.3) is 16.8 Å². The van der Waals surface area contributed by atoms with Crippen molar-refractivity contribution in [3.05, 3.63) is 76.2 Å². The molecule has 1 fully saturated rings. The van der Waals surface area contributed by atoms with Gasteiger partial charge < -0.3 is 10.4 Å². The Hall–Kier alpha value is -3.58. The monoisotopic (exact) mass is 516 g/mol. The van der Waals surface area contributed by atoms with Gasteiger partial charge in [-0.2, -0.15) is 0 Å². The lowest BCUT2D eigenvalue weighted by molar-refractivity contribution is -0.127. The molecule has 2 N–H and O–H groups in total. The molecule has 0 bridgehead atoms. The molecule has 0 spiro atoms. The van der Waals surface area contributed by atoms with Gasteiger partial charge in [0, 0.05) is 22.2 Å². The molecule has 3 amide bonds. The van der Waals surface area contributed by atoms with Crippen LogP contribution in [0.3, 0.4) is 0 Å². The molecule has 1 heterocycles. The normalized spacial score (nSPS) is 15.6. The van der Waals surface area contributed by atoms with E-state index in [9.17, 15) is 19.5 Å². The third-order valence-electron chi connectivity index (χ3n) is 6.29.